The maximum Gasteiger partial charge on any atom is 0.307 e. The minimum absolute atomic E-state index is 0.0856. The number of ether oxygens (including phenoxy) is 2. The van der Waals surface area contributed by atoms with Crippen LogP contribution in [0.3, 0.4) is 0 Å². The van der Waals surface area contributed by atoms with Crippen molar-refractivity contribution in [3.8, 4) is 0 Å². The number of carbonyl (C=O) groups excluding carboxylic acids is 2. The molecule has 1 amide bonds. The van der Waals surface area contributed by atoms with E-state index < -0.39 is 5.41 Å². The first-order valence-corrected chi connectivity index (χ1v) is 6.36. The average molecular weight is 258 g/mol. The fourth-order valence-corrected chi connectivity index (χ4v) is 1.98. The number of hydrogen-bond donors (Lipinski definition) is 2. The zero-order chi connectivity index (χ0) is 13.4. The lowest BCUT2D eigenvalue weighted by Crippen LogP contribution is -2.49. The van der Waals surface area contributed by atoms with Crippen LogP contribution in [-0.4, -0.2) is 44.8 Å². The first-order chi connectivity index (χ1) is 8.64. The molecule has 104 valence electrons. The number of amides is 1. The molecule has 1 heterocycles. The Hall–Kier alpha value is -1.14. The number of hydrogen-bond acceptors (Lipinski definition) is 5. The summed E-state index contributed by atoms with van der Waals surface area (Å²) in [6, 6.07) is 0. The molecular weight excluding hydrogens is 236 g/mol. The summed E-state index contributed by atoms with van der Waals surface area (Å²) in [7, 11) is 0. The molecule has 3 N–H and O–H groups in total. The molecule has 0 saturated carbocycles. The van der Waals surface area contributed by atoms with E-state index in [2.05, 4.69) is 5.32 Å². The summed E-state index contributed by atoms with van der Waals surface area (Å²) >= 11 is 0. The van der Waals surface area contributed by atoms with Crippen LogP contribution >= 0.6 is 0 Å². The molecule has 1 saturated heterocycles. The monoisotopic (exact) mass is 258 g/mol. The number of rotatable bonds is 6. The third kappa shape index (κ3) is 3.96. The van der Waals surface area contributed by atoms with Crippen LogP contribution in [0.5, 0.6) is 0 Å². The Kier molecular flexibility index (Phi) is 6.07. The quantitative estimate of drug-likeness (QED) is 0.644. The van der Waals surface area contributed by atoms with Gasteiger partial charge in [0.25, 0.3) is 0 Å². The molecule has 0 aromatic heterocycles. The van der Waals surface area contributed by atoms with Crippen molar-refractivity contribution in [3.63, 3.8) is 0 Å². The van der Waals surface area contributed by atoms with Gasteiger partial charge in [0.1, 0.15) is 0 Å². The molecule has 6 heteroatoms. The van der Waals surface area contributed by atoms with Crippen LogP contribution in [0.25, 0.3) is 0 Å². The summed E-state index contributed by atoms with van der Waals surface area (Å²) in [5.41, 5.74) is 5.18. The van der Waals surface area contributed by atoms with Crippen LogP contribution in [0.15, 0.2) is 0 Å². The highest BCUT2D eigenvalue weighted by atomic mass is 16.5. The molecule has 0 unspecified atom stereocenters. The van der Waals surface area contributed by atoms with Gasteiger partial charge in [-0.15, -0.1) is 0 Å². The summed E-state index contributed by atoms with van der Waals surface area (Å²) < 4.78 is 10.0. The van der Waals surface area contributed by atoms with E-state index in [1.54, 1.807) is 6.92 Å². The van der Waals surface area contributed by atoms with E-state index in [0.717, 1.165) is 0 Å². The van der Waals surface area contributed by atoms with Crippen molar-refractivity contribution in [2.24, 2.45) is 11.1 Å². The molecular formula is C12H22N2O4. The highest BCUT2D eigenvalue weighted by Crippen LogP contribution is 2.29. The molecule has 6 nitrogen and oxygen atoms in total. The maximum absolute atomic E-state index is 12.1. The Labute approximate surface area is 107 Å². The van der Waals surface area contributed by atoms with Crippen molar-refractivity contribution in [3.05, 3.63) is 0 Å². The van der Waals surface area contributed by atoms with E-state index in [4.69, 9.17) is 15.2 Å². The van der Waals surface area contributed by atoms with E-state index in [0.29, 0.717) is 45.8 Å². The van der Waals surface area contributed by atoms with E-state index in [1.165, 1.54) is 0 Å². The third-order valence-electron chi connectivity index (χ3n) is 3.24. The Morgan fingerprint density at radius 3 is 2.61 bits per heavy atom. The molecule has 0 bridgehead atoms. The van der Waals surface area contributed by atoms with Crippen molar-refractivity contribution in [1.29, 1.82) is 0 Å². The van der Waals surface area contributed by atoms with E-state index in [-0.39, 0.29) is 18.3 Å². The zero-order valence-corrected chi connectivity index (χ0v) is 10.9. The molecule has 18 heavy (non-hydrogen) atoms. The molecule has 0 atom stereocenters. The van der Waals surface area contributed by atoms with Gasteiger partial charge in [-0.05, 0) is 19.8 Å². The first-order valence-electron chi connectivity index (χ1n) is 6.36. The summed E-state index contributed by atoms with van der Waals surface area (Å²) in [5, 5.41) is 2.76. The van der Waals surface area contributed by atoms with Crippen LogP contribution < -0.4 is 11.1 Å². The van der Waals surface area contributed by atoms with E-state index in [1.807, 2.05) is 0 Å². The van der Waals surface area contributed by atoms with Crippen LogP contribution in [0.2, 0.25) is 0 Å². The summed E-state index contributed by atoms with van der Waals surface area (Å²) in [5.74, 6) is -0.385. The zero-order valence-electron chi connectivity index (χ0n) is 10.9. The molecule has 1 rings (SSSR count). The van der Waals surface area contributed by atoms with E-state index >= 15 is 0 Å². The predicted octanol–water partition coefficient (Wildman–Crippen LogP) is -0.189. The van der Waals surface area contributed by atoms with Gasteiger partial charge in [0, 0.05) is 26.3 Å². The molecule has 0 spiro atoms. The van der Waals surface area contributed by atoms with Crippen LogP contribution in [0.1, 0.15) is 26.2 Å². The fraction of sp³-hybridized carbons (Fsp3) is 0.833. The van der Waals surface area contributed by atoms with Gasteiger partial charge in [-0.3, -0.25) is 9.59 Å². The second-order valence-corrected chi connectivity index (χ2v) is 4.41. The van der Waals surface area contributed by atoms with E-state index in [9.17, 15) is 9.59 Å². The average Bonchev–Trinajstić information content (AvgIpc) is 2.39. The van der Waals surface area contributed by atoms with Crippen LogP contribution in [-0.2, 0) is 19.1 Å². The van der Waals surface area contributed by atoms with Gasteiger partial charge >= 0.3 is 5.97 Å². The largest absolute Gasteiger partial charge is 0.466 e. The van der Waals surface area contributed by atoms with Crippen molar-refractivity contribution in [2.45, 2.75) is 26.2 Å². The standard InChI is InChI=1S/C12H22N2O4/c1-2-18-10(15)3-6-14-11(16)12(9-13)4-7-17-8-5-12/h2-9,13H2,1H3,(H,14,16). The molecule has 1 aliphatic rings. The minimum Gasteiger partial charge on any atom is -0.466 e. The summed E-state index contributed by atoms with van der Waals surface area (Å²) in [6.07, 6.45) is 1.46. The molecule has 0 radical (unpaired) electrons. The topological polar surface area (TPSA) is 90.7 Å². The number of nitrogens with one attached hydrogen (secondary N) is 1. The van der Waals surface area contributed by atoms with Gasteiger partial charge in [-0.25, -0.2) is 0 Å². The summed E-state index contributed by atoms with van der Waals surface area (Å²) in [6.45, 7) is 3.83. The van der Waals surface area contributed by atoms with Gasteiger partial charge in [0.05, 0.1) is 18.4 Å². The Morgan fingerprint density at radius 2 is 2.06 bits per heavy atom. The molecule has 1 aliphatic heterocycles. The second kappa shape index (κ2) is 7.33. The predicted molar refractivity (Wildman–Crippen MR) is 65.8 cm³/mol. The van der Waals surface area contributed by atoms with Gasteiger partial charge in [-0.2, -0.15) is 0 Å². The lowest BCUT2D eigenvalue weighted by Gasteiger charge is -2.34. The van der Waals surface area contributed by atoms with Gasteiger partial charge in [0.15, 0.2) is 0 Å². The van der Waals surface area contributed by atoms with Gasteiger partial charge < -0.3 is 20.5 Å². The SMILES string of the molecule is CCOC(=O)CCNC(=O)C1(CN)CCOCC1. The summed E-state index contributed by atoms with van der Waals surface area (Å²) in [4.78, 5) is 23.2. The van der Waals surface area contributed by atoms with Crippen molar-refractivity contribution >= 4 is 11.9 Å². The Bertz CT molecular complexity index is 288. The molecule has 0 aromatic rings. The Morgan fingerprint density at radius 1 is 1.39 bits per heavy atom. The minimum atomic E-state index is -0.535. The van der Waals surface area contributed by atoms with Crippen LogP contribution in [0, 0.1) is 5.41 Å². The normalized spacial score (nSPS) is 18.1. The highest BCUT2D eigenvalue weighted by molar-refractivity contribution is 5.83. The van der Waals surface area contributed by atoms with Crippen molar-refractivity contribution in [2.75, 3.05) is 32.9 Å². The Balaban J connectivity index is 2.36. The van der Waals surface area contributed by atoms with Crippen LogP contribution in [0.4, 0.5) is 0 Å². The van der Waals surface area contributed by atoms with Crippen molar-refractivity contribution < 1.29 is 19.1 Å². The third-order valence-corrected chi connectivity index (χ3v) is 3.24. The lowest BCUT2D eigenvalue weighted by atomic mass is 9.79. The van der Waals surface area contributed by atoms with Crippen molar-refractivity contribution in [1.82, 2.24) is 5.32 Å². The second-order valence-electron chi connectivity index (χ2n) is 4.41. The van der Waals surface area contributed by atoms with Gasteiger partial charge in [0.2, 0.25) is 5.91 Å². The maximum atomic E-state index is 12.1. The number of carbonyl (C=O) groups is 2. The molecule has 0 aliphatic carbocycles. The fourth-order valence-electron chi connectivity index (χ4n) is 1.98. The lowest BCUT2D eigenvalue weighted by molar-refractivity contribution is -0.143. The highest BCUT2D eigenvalue weighted by Gasteiger charge is 2.38. The smallest absolute Gasteiger partial charge is 0.307 e. The first kappa shape index (κ1) is 14.9. The molecule has 0 aromatic carbocycles. The number of esters is 1. The molecule has 1 fully saturated rings. The number of nitrogens with two attached hydrogens (primary N) is 1. The van der Waals surface area contributed by atoms with Gasteiger partial charge in [-0.1, -0.05) is 0 Å².